The van der Waals surface area contributed by atoms with E-state index < -0.39 is 0 Å². The third-order valence-electron chi connectivity index (χ3n) is 2.75. The van der Waals surface area contributed by atoms with Crippen LogP contribution in [0.25, 0.3) is 0 Å². The molecule has 0 aliphatic carbocycles. The number of hydrogen-bond donors (Lipinski definition) is 2. The van der Waals surface area contributed by atoms with Crippen molar-refractivity contribution >= 4 is 17.2 Å². The van der Waals surface area contributed by atoms with E-state index in [1.807, 2.05) is 18.3 Å². The predicted octanol–water partition coefficient (Wildman–Crippen LogP) is 1.87. The van der Waals surface area contributed by atoms with Gasteiger partial charge in [0.15, 0.2) is 0 Å². The fourth-order valence-electron chi connectivity index (χ4n) is 1.32. The molecule has 1 heterocycles. The second kappa shape index (κ2) is 6.55. The summed E-state index contributed by atoms with van der Waals surface area (Å²) in [5.74, 6) is 0.411. The van der Waals surface area contributed by atoms with Gasteiger partial charge in [0, 0.05) is 18.9 Å². The highest BCUT2D eigenvalue weighted by Crippen LogP contribution is 2.06. The summed E-state index contributed by atoms with van der Waals surface area (Å²) in [6.07, 6.45) is 4.62. The molecule has 0 aliphatic heterocycles. The first-order chi connectivity index (χ1) is 7.65. The van der Waals surface area contributed by atoms with E-state index in [9.17, 15) is 0 Å². The van der Waals surface area contributed by atoms with Gasteiger partial charge < -0.3 is 11.1 Å². The molecule has 2 atom stereocenters. The van der Waals surface area contributed by atoms with Crippen LogP contribution in [-0.2, 0) is 6.54 Å². The molecule has 0 saturated heterocycles. The smallest absolute Gasteiger partial charge is 0.0929 e. The Hall–Kier alpha value is -1.00. The first-order valence-electron chi connectivity index (χ1n) is 5.57. The molecule has 0 fully saturated rings. The second-order valence-electron chi connectivity index (χ2n) is 3.99. The lowest BCUT2D eigenvalue weighted by molar-refractivity contribution is 0.517. The lowest BCUT2D eigenvalue weighted by Crippen LogP contribution is -2.43. The maximum Gasteiger partial charge on any atom is 0.0929 e. The zero-order chi connectivity index (χ0) is 12.0. The van der Waals surface area contributed by atoms with E-state index >= 15 is 0 Å². The zero-order valence-electron chi connectivity index (χ0n) is 9.81. The van der Waals surface area contributed by atoms with Crippen molar-refractivity contribution in [3.05, 3.63) is 30.1 Å². The third-order valence-corrected chi connectivity index (χ3v) is 3.17. The molecule has 88 valence electrons. The van der Waals surface area contributed by atoms with Crippen LogP contribution in [0.2, 0.25) is 0 Å². The summed E-state index contributed by atoms with van der Waals surface area (Å²) in [6, 6.07) is 3.86. The molecule has 1 aromatic rings. The van der Waals surface area contributed by atoms with Gasteiger partial charge in [-0.2, -0.15) is 0 Å². The normalized spacial score (nSPS) is 14.2. The highest BCUT2D eigenvalue weighted by atomic mass is 32.1. The molecule has 1 rings (SSSR count). The number of pyridine rings is 1. The molecule has 0 aliphatic rings. The molecular weight excluding hydrogens is 218 g/mol. The van der Waals surface area contributed by atoms with Gasteiger partial charge in [-0.1, -0.05) is 38.6 Å². The van der Waals surface area contributed by atoms with E-state index in [1.165, 1.54) is 0 Å². The first-order valence-corrected chi connectivity index (χ1v) is 5.98. The molecule has 0 aromatic carbocycles. The Bertz CT molecular complexity index is 326. The Balaban J connectivity index is 2.41. The maximum atomic E-state index is 6.02. The van der Waals surface area contributed by atoms with Gasteiger partial charge in [-0.25, -0.2) is 0 Å². The third kappa shape index (κ3) is 3.87. The van der Waals surface area contributed by atoms with Crippen molar-refractivity contribution in [2.24, 2.45) is 11.7 Å². The molecule has 1 unspecified atom stereocenters. The van der Waals surface area contributed by atoms with Crippen LogP contribution in [0.3, 0.4) is 0 Å². The lowest BCUT2D eigenvalue weighted by atomic mass is 10.00. The number of hydrogen-bond acceptors (Lipinski definition) is 3. The van der Waals surface area contributed by atoms with Gasteiger partial charge in [-0.05, 0) is 17.5 Å². The molecule has 3 nitrogen and oxygen atoms in total. The number of aromatic nitrogens is 1. The van der Waals surface area contributed by atoms with E-state index in [0.29, 0.717) is 12.5 Å². The van der Waals surface area contributed by atoms with Crippen LogP contribution in [0, 0.1) is 5.92 Å². The van der Waals surface area contributed by atoms with Crippen molar-refractivity contribution in [1.29, 1.82) is 0 Å². The SMILES string of the molecule is CCC(C)[C@H](N)C(=S)NCc1cccnc1. The maximum absolute atomic E-state index is 6.02. The summed E-state index contributed by atoms with van der Waals surface area (Å²) in [5, 5.41) is 3.18. The summed E-state index contributed by atoms with van der Waals surface area (Å²) in [4.78, 5) is 4.78. The van der Waals surface area contributed by atoms with Crippen molar-refractivity contribution in [1.82, 2.24) is 10.3 Å². The summed E-state index contributed by atoms with van der Waals surface area (Å²) in [5.41, 5.74) is 7.13. The number of nitrogens with two attached hydrogens (primary N) is 1. The van der Waals surface area contributed by atoms with Crippen molar-refractivity contribution < 1.29 is 0 Å². The molecular formula is C12H19N3S. The molecule has 3 N–H and O–H groups in total. The highest BCUT2D eigenvalue weighted by Gasteiger charge is 2.15. The Kier molecular flexibility index (Phi) is 5.35. The van der Waals surface area contributed by atoms with E-state index in [-0.39, 0.29) is 6.04 Å². The largest absolute Gasteiger partial charge is 0.374 e. The monoisotopic (exact) mass is 237 g/mol. The van der Waals surface area contributed by atoms with Crippen molar-refractivity contribution in [3.63, 3.8) is 0 Å². The minimum Gasteiger partial charge on any atom is -0.374 e. The molecule has 4 heteroatoms. The first kappa shape index (κ1) is 13.1. The van der Waals surface area contributed by atoms with Crippen molar-refractivity contribution in [2.75, 3.05) is 0 Å². The summed E-state index contributed by atoms with van der Waals surface area (Å²) in [7, 11) is 0. The van der Waals surface area contributed by atoms with Gasteiger partial charge in [0.1, 0.15) is 0 Å². The minimum absolute atomic E-state index is 0.0586. The lowest BCUT2D eigenvalue weighted by Gasteiger charge is -2.20. The van der Waals surface area contributed by atoms with Gasteiger partial charge >= 0.3 is 0 Å². The Labute approximate surface area is 102 Å². The Morgan fingerprint density at radius 3 is 2.94 bits per heavy atom. The predicted molar refractivity (Wildman–Crippen MR) is 71.1 cm³/mol. The molecule has 0 bridgehead atoms. The molecule has 16 heavy (non-hydrogen) atoms. The summed E-state index contributed by atoms with van der Waals surface area (Å²) in [6.45, 7) is 4.92. The van der Waals surface area contributed by atoms with Crippen LogP contribution in [0.4, 0.5) is 0 Å². The van der Waals surface area contributed by atoms with Gasteiger partial charge in [0.2, 0.25) is 0 Å². The van der Waals surface area contributed by atoms with E-state index in [2.05, 4.69) is 24.1 Å². The Morgan fingerprint density at radius 2 is 2.38 bits per heavy atom. The van der Waals surface area contributed by atoms with E-state index in [0.717, 1.165) is 17.0 Å². The highest BCUT2D eigenvalue weighted by molar-refractivity contribution is 7.80. The molecule has 0 amide bonds. The van der Waals surface area contributed by atoms with Crippen LogP contribution >= 0.6 is 12.2 Å². The number of thiocarbonyl (C=S) groups is 1. The average Bonchev–Trinajstić information content (AvgIpc) is 2.35. The summed E-state index contributed by atoms with van der Waals surface area (Å²) >= 11 is 5.26. The minimum atomic E-state index is -0.0586. The second-order valence-corrected chi connectivity index (χ2v) is 4.43. The number of nitrogens with zero attached hydrogens (tertiary/aromatic N) is 1. The van der Waals surface area contributed by atoms with Gasteiger partial charge in [0.05, 0.1) is 11.0 Å². The molecule has 0 saturated carbocycles. The van der Waals surface area contributed by atoms with E-state index in [4.69, 9.17) is 18.0 Å². The van der Waals surface area contributed by atoms with Crippen molar-refractivity contribution in [2.45, 2.75) is 32.9 Å². The van der Waals surface area contributed by atoms with Crippen LogP contribution in [0.15, 0.2) is 24.5 Å². The van der Waals surface area contributed by atoms with Gasteiger partial charge in [-0.3, -0.25) is 4.98 Å². The Morgan fingerprint density at radius 1 is 1.62 bits per heavy atom. The number of rotatable bonds is 5. The fourth-order valence-corrected chi connectivity index (χ4v) is 1.63. The van der Waals surface area contributed by atoms with E-state index in [1.54, 1.807) is 6.20 Å². The van der Waals surface area contributed by atoms with Gasteiger partial charge in [0.25, 0.3) is 0 Å². The molecule has 0 spiro atoms. The zero-order valence-corrected chi connectivity index (χ0v) is 10.6. The van der Waals surface area contributed by atoms with Crippen LogP contribution in [0.5, 0.6) is 0 Å². The topological polar surface area (TPSA) is 50.9 Å². The average molecular weight is 237 g/mol. The molecule has 1 aromatic heterocycles. The summed E-state index contributed by atoms with van der Waals surface area (Å²) < 4.78 is 0. The molecule has 0 radical (unpaired) electrons. The van der Waals surface area contributed by atoms with Crippen molar-refractivity contribution in [3.8, 4) is 0 Å². The quantitative estimate of drug-likeness (QED) is 0.768. The fraction of sp³-hybridized carbons (Fsp3) is 0.500. The van der Waals surface area contributed by atoms with Gasteiger partial charge in [-0.15, -0.1) is 0 Å². The van der Waals surface area contributed by atoms with Crippen LogP contribution in [-0.4, -0.2) is 16.0 Å². The standard InChI is InChI=1S/C12H19N3S/c1-3-9(2)11(13)12(16)15-8-10-5-4-6-14-7-10/h4-7,9,11H,3,8,13H2,1-2H3,(H,15,16)/t9?,11-/m0/s1. The number of nitrogens with one attached hydrogen (secondary N) is 1. The van der Waals surface area contributed by atoms with Crippen LogP contribution in [0.1, 0.15) is 25.8 Å². The van der Waals surface area contributed by atoms with Crippen LogP contribution < -0.4 is 11.1 Å².